The van der Waals surface area contributed by atoms with Gasteiger partial charge >= 0.3 is 0 Å². The maximum atomic E-state index is 12.0. The van der Waals surface area contributed by atoms with Gasteiger partial charge in [0.15, 0.2) is 0 Å². The molecule has 2 saturated heterocycles. The number of aromatic nitrogens is 2. The second kappa shape index (κ2) is 7.05. The number of amides is 1. The Kier molecular flexibility index (Phi) is 5.04. The summed E-state index contributed by atoms with van der Waals surface area (Å²) in [5.41, 5.74) is 1.47. The minimum atomic E-state index is 0.195. The molecule has 1 aromatic rings. The Hall–Kier alpha value is -1.69. The molecule has 3 heterocycles. The average Bonchev–Trinajstić information content (AvgIpc) is 2.98. The summed E-state index contributed by atoms with van der Waals surface area (Å²) >= 11 is 0. The fourth-order valence-corrected chi connectivity index (χ4v) is 3.91. The van der Waals surface area contributed by atoms with E-state index in [0.29, 0.717) is 6.54 Å². The van der Waals surface area contributed by atoms with Crippen LogP contribution in [-0.2, 0) is 11.2 Å². The van der Waals surface area contributed by atoms with E-state index in [9.17, 15) is 4.79 Å². The molecule has 1 spiro atoms. The van der Waals surface area contributed by atoms with Gasteiger partial charge in [-0.15, -0.1) is 0 Å². The predicted molar refractivity (Wildman–Crippen MR) is 95.0 cm³/mol. The molecule has 0 radical (unpaired) electrons. The quantitative estimate of drug-likeness (QED) is 0.835. The molecule has 2 aliphatic heterocycles. The Labute approximate surface area is 144 Å². The summed E-state index contributed by atoms with van der Waals surface area (Å²) < 4.78 is 0. The lowest BCUT2D eigenvalue weighted by Crippen LogP contribution is -2.48. The van der Waals surface area contributed by atoms with Crippen molar-refractivity contribution in [3.05, 3.63) is 18.0 Å². The Balaban J connectivity index is 1.63. The van der Waals surface area contributed by atoms with Gasteiger partial charge in [0.2, 0.25) is 11.9 Å². The third-order valence-corrected chi connectivity index (χ3v) is 5.42. The van der Waals surface area contributed by atoms with Gasteiger partial charge in [-0.05, 0) is 37.8 Å². The Morgan fingerprint density at radius 1 is 1.21 bits per heavy atom. The first-order chi connectivity index (χ1) is 11.5. The van der Waals surface area contributed by atoms with Crippen LogP contribution in [-0.4, -0.2) is 72.5 Å². The molecule has 0 bridgehead atoms. The number of aryl methyl sites for hydroxylation is 1. The molecule has 3 rings (SSSR count). The molecule has 0 N–H and O–H groups in total. The third kappa shape index (κ3) is 3.69. The molecule has 6 heteroatoms. The minimum absolute atomic E-state index is 0.195. The van der Waals surface area contributed by atoms with Crippen LogP contribution < -0.4 is 4.90 Å². The first-order valence-corrected chi connectivity index (χ1v) is 9.00. The van der Waals surface area contributed by atoms with Crippen molar-refractivity contribution in [3.63, 3.8) is 0 Å². The van der Waals surface area contributed by atoms with E-state index in [4.69, 9.17) is 0 Å². The summed E-state index contributed by atoms with van der Waals surface area (Å²) in [6.45, 7) is 6.72. The smallest absolute Gasteiger partial charge is 0.236 e. The average molecular weight is 331 g/mol. The van der Waals surface area contributed by atoms with Gasteiger partial charge in [0, 0.05) is 51.5 Å². The first-order valence-electron chi connectivity index (χ1n) is 9.00. The molecule has 1 aromatic heterocycles. The maximum Gasteiger partial charge on any atom is 0.236 e. The van der Waals surface area contributed by atoms with Gasteiger partial charge in [-0.25, -0.2) is 9.97 Å². The lowest BCUT2D eigenvalue weighted by atomic mass is 9.79. The lowest BCUT2D eigenvalue weighted by molar-refractivity contribution is -0.130. The van der Waals surface area contributed by atoms with Gasteiger partial charge in [-0.2, -0.15) is 0 Å². The molecular weight excluding hydrogens is 302 g/mol. The van der Waals surface area contributed by atoms with Crippen molar-refractivity contribution >= 4 is 11.9 Å². The molecule has 2 fully saturated rings. The number of carbonyl (C=O) groups is 1. The highest BCUT2D eigenvalue weighted by atomic mass is 16.2. The largest absolute Gasteiger partial charge is 0.348 e. The second-order valence-electron chi connectivity index (χ2n) is 7.52. The van der Waals surface area contributed by atoms with Gasteiger partial charge in [-0.3, -0.25) is 9.69 Å². The highest BCUT2D eigenvalue weighted by Crippen LogP contribution is 2.39. The zero-order chi connectivity index (χ0) is 17.2. The zero-order valence-electron chi connectivity index (χ0n) is 15.2. The number of hydrogen-bond acceptors (Lipinski definition) is 5. The molecule has 0 saturated carbocycles. The lowest BCUT2D eigenvalue weighted by Gasteiger charge is -2.40. The van der Waals surface area contributed by atoms with Crippen LogP contribution >= 0.6 is 0 Å². The second-order valence-corrected chi connectivity index (χ2v) is 7.52. The molecule has 0 unspecified atom stereocenters. The number of hydrogen-bond donors (Lipinski definition) is 0. The number of nitrogens with zero attached hydrogens (tertiary/aromatic N) is 5. The number of anilines is 1. The molecule has 0 aliphatic carbocycles. The normalized spacial score (nSPS) is 24.5. The summed E-state index contributed by atoms with van der Waals surface area (Å²) in [7, 11) is 3.66. The number of likely N-dealkylation sites (N-methyl/N-ethyl adjacent to an activating group) is 1. The van der Waals surface area contributed by atoms with Gasteiger partial charge in [0.1, 0.15) is 0 Å². The van der Waals surface area contributed by atoms with E-state index in [-0.39, 0.29) is 11.3 Å². The molecule has 2 aliphatic rings. The van der Waals surface area contributed by atoms with Gasteiger partial charge < -0.3 is 9.80 Å². The van der Waals surface area contributed by atoms with E-state index in [1.54, 1.807) is 4.90 Å². The number of carbonyl (C=O) groups excluding carboxylic acids is 1. The summed E-state index contributed by atoms with van der Waals surface area (Å²) in [6.07, 6.45) is 8.43. The van der Waals surface area contributed by atoms with Crippen molar-refractivity contribution in [2.24, 2.45) is 5.41 Å². The van der Waals surface area contributed by atoms with Gasteiger partial charge in [-0.1, -0.05) is 6.92 Å². The van der Waals surface area contributed by atoms with Crippen LogP contribution in [0, 0.1) is 5.41 Å². The SMILES string of the molecule is CCc1cnc(N2CC[C@@]3(CCCN(CC(=O)N(C)C)C3)C2)nc1. The predicted octanol–water partition coefficient (Wildman–Crippen LogP) is 1.42. The molecule has 24 heavy (non-hydrogen) atoms. The Bertz CT molecular complexity index is 573. The van der Waals surface area contributed by atoms with E-state index >= 15 is 0 Å². The summed E-state index contributed by atoms with van der Waals surface area (Å²) in [5.74, 6) is 1.05. The molecule has 1 amide bonds. The summed E-state index contributed by atoms with van der Waals surface area (Å²) in [5, 5.41) is 0. The van der Waals surface area contributed by atoms with Crippen molar-refractivity contribution in [3.8, 4) is 0 Å². The molecule has 0 aromatic carbocycles. The number of rotatable bonds is 4. The van der Waals surface area contributed by atoms with Gasteiger partial charge in [0.05, 0.1) is 6.54 Å². The van der Waals surface area contributed by atoms with Crippen molar-refractivity contribution in [2.45, 2.75) is 32.6 Å². The van der Waals surface area contributed by atoms with E-state index in [1.165, 1.54) is 24.8 Å². The van der Waals surface area contributed by atoms with Gasteiger partial charge in [0.25, 0.3) is 0 Å². The molecule has 1 atom stereocenters. The van der Waals surface area contributed by atoms with Crippen molar-refractivity contribution in [1.82, 2.24) is 19.8 Å². The zero-order valence-corrected chi connectivity index (χ0v) is 15.2. The third-order valence-electron chi connectivity index (χ3n) is 5.42. The van der Waals surface area contributed by atoms with Crippen LogP contribution in [0.4, 0.5) is 5.95 Å². The maximum absolute atomic E-state index is 12.0. The Morgan fingerprint density at radius 2 is 1.96 bits per heavy atom. The first kappa shape index (κ1) is 17.1. The Morgan fingerprint density at radius 3 is 2.62 bits per heavy atom. The van der Waals surface area contributed by atoms with Crippen LogP contribution in [0.2, 0.25) is 0 Å². The number of piperidine rings is 1. The fraction of sp³-hybridized carbons (Fsp3) is 0.722. The van der Waals surface area contributed by atoms with E-state index in [0.717, 1.165) is 38.5 Å². The van der Waals surface area contributed by atoms with Crippen LogP contribution in [0.3, 0.4) is 0 Å². The van der Waals surface area contributed by atoms with Crippen LogP contribution in [0.1, 0.15) is 31.7 Å². The monoisotopic (exact) mass is 331 g/mol. The highest BCUT2D eigenvalue weighted by molar-refractivity contribution is 5.77. The molecule has 132 valence electrons. The molecule has 6 nitrogen and oxygen atoms in total. The number of likely N-dealkylation sites (tertiary alicyclic amines) is 1. The summed E-state index contributed by atoms with van der Waals surface area (Å²) in [6, 6.07) is 0. The summed E-state index contributed by atoms with van der Waals surface area (Å²) in [4.78, 5) is 27.4. The van der Waals surface area contributed by atoms with Crippen LogP contribution in [0.5, 0.6) is 0 Å². The van der Waals surface area contributed by atoms with Crippen LogP contribution in [0.15, 0.2) is 12.4 Å². The van der Waals surface area contributed by atoms with Crippen molar-refractivity contribution in [2.75, 3.05) is 51.7 Å². The van der Waals surface area contributed by atoms with Crippen molar-refractivity contribution < 1.29 is 4.79 Å². The fourth-order valence-electron chi connectivity index (χ4n) is 3.91. The minimum Gasteiger partial charge on any atom is -0.348 e. The van der Waals surface area contributed by atoms with E-state index in [1.807, 2.05) is 26.5 Å². The van der Waals surface area contributed by atoms with Crippen LogP contribution in [0.25, 0.3) is 0 Å². The van der Waals surface area contributed by atoms with Crippen molar-refractivity contribution in [1.29, 1.82) is 0 Å². The topological polar surface area (TPSA) is 52.6 Å². The van der Waals surface area contributed by atoms with E-state index in [2.05, 4.69) is 26.7 Å². The molecular formula is C18H29N5O. The van der Waals surface area contributed by atoms with E-state index < -0.39 is 0 Å². The highest BCUT2D eigenvalue weighted by Gasteiger charge is 2.42. The standard InChI is InChI=1S/C18H29N5O/c1-4-15-10-19-17(20-11-15)23-9-7-18(14-23)6-5-8-22(13-18)12-16(24)21(2)3/h10-11H,4-9,12-14H2,1-3H3/t18-/m1/s1.